The number of ketones is 1. The average molecular weight is 430 g/mol. The van der Waals surface area contributed by atoms with Crippen molar-refractivity contribution in [3.63, 3.8) is 0 Å². The third kappa shape index (κ3) is 5.32. The number of pyridine rings is 1. The van der Waals surface area contributed by atoms with Crippen LogP contribution in [-0.2, 0) is 16.0 Å². The number of rotatable bonds is 4. The van der Waals surface area contributed by atoms with E-state index < -0.39 is 0 Å². The van der Waals surface area contributed by atoms with Crippen molar-refractivity contribution in [2.75, 3.05) is 13.1 Å². The van der Waals surface area contributed by atoms with E-state index in [1.807, 2.05) is 23.8 Å². The molecule has 2 N–H and O–H groups in total. The topological polar surface area (TPSA) is 97.3 Å². The van der Waals surface area contributed by atoms with E-state index in [0.717, 1.165) is 32.4 Å². The predicted octanol–water partition coefficient (Wildman–Crippen LogP) is 2.77. The van der Waals surface area contributed by atoms with Crippen LogP contribution in [0, 0.1) is 11.3 Å². The standard InChI is InChI=1S/C18H26N2O2.C6H9NO2/c1-3-4-16-15(13(2)21)7-10-20(17(16)22)14-5-8-18(9-6-14)11-19-12-18;1-4-2-3-5(8)7-6(4)9/h7,10,14,19H,3-6,8-9,11-12H2,1-2H3;4H,2-3H2,1H3,(H,7,8,9). The van der Waals surface area contributed by atoms with E-state index in [-0.39, 0.29) is 29.1 Å². The lowest BCUT2D eigenvalue weighted by molar-refractivity contribution is -0.135. The number of carbonyl (C=O) groups excluding carboxylic acids is 3. The van der Waals surface area contributed by atoms with Gasteiger partial charge < -0.3 is 9.88 Å². The zero-order valence-corrected chi connectivity index (χ0v) is 19.0. The van der Waals surface area contributed by atoms with Gasteiger partial charge in [-0.15, -0.1) is 0 Å². The molecule has 3 fully saturated rings. The summed E-state index contributed by atoms with van der Waals surface area (Å²) in [7, 11) is 0. The van der Waals surface area contributed by atoms with Crippen molar-refractivity contribution in [2.24, 2.45) is 11.3 Å². The first kappa shape index (κ1) is 23.4. The SMILES string of the molecule is CC1CCC(=O)NC1=O.CCCc1c(C(C)=O)ccn(C2CCC3(CC2)CNC3)c1=O. The molecule has 4 rings (SSSR count). The van der Waals surface area contributed by atoms with Crippen LogP contribution in [0.25, 0.3) is 0 Å². The van der Waals surface area contributed by atoms with E-state index in [9.17, 15) is 19.2 Å². The highest BCUT2D eigenvalue weighted by atomic mass is 16.2. The first-order valence-electron chi connectivity index (χ1n) is 11.6. The molecular formula is C24H35N3O4. The number of hydrogen-bond donors (Lipinski definition) is 2. The lowest BCUT2D eigenvalue weighted by Crippen LogP contribution is -2.55. The second-order valence-electron chi connectivity index (χ2n) is 9.41. The molecule has 1 aromatic heterocycles. The van der Waals surface area contributed by atoms with Crippen LogP contribution in [0.5, 0.6) is 0 Å². The smallest absolute Gasteiger partial charge is 0.254 e. The second kappa shape index (κ2) is 9.90. The highest BCUT2D eigenvalue weighted by molar-refractivity contribution is 5.98. The molecule has 2 amide bonds. The fraction of sp³-hybridized carbons (Fsp3) is 0.667. The number of amides is 2. The second-order valence-corrected chi connectivity index (χ2v) is 9.41. The minimum absolute atomic E-state index is 0.00385. The highest BCUT2D eigenvalue weighted by Crippen LogP contribution is 2.43. The number of piperidine rings is 1. The number of Topliss-reactive ketones (excluding diaryl/α,β-unsaturated/α-hetero) is 1. The maximum Gasteiger partial charge on any atom is 0.254 e. The Hall–Kier alpha value is -2.28. The number of nitrogens with zero attached hydrogens (tertiary/aromatic N) is 1. The van der Waals surface area contributed by atoms with Crippen molar-refractivity contribution >= 4 is 17.6 Å². The van der Waals surface area contributed by atoms with Gasteiger partial charge in [-0.05, 0) is 56.9 Å². The van der Waals surface area contributed by atoms with E-state index in [1.54, 1.807) is 6.92 Å². The Morgan fingerprint density at radius 1 is 1.16 bits per heavy atom. The van der Waals surface area contributed by atoms with Crippen molar-refractivity contribution in [1.29, 1.82) is 0 Å². The quantitative estimate of drug-likeness (QED) is 0.567. The van der Waals surface area contributed by atoms with Gasteiger partial charge in [-0.25, -0.2) is 0 Å². The van der Waals surface area contributed by atoms with E-state index in [1.165, 1.54) is 12.8 Å². The summed E-state index contributed by atoms with van der Waals surface area (Å²) >= 11 is 0. The molecule has 1 unspecified atom stereocenters. The van der Waals surface area contributed by atoms with Crippen molar-refractivity contribution in [3.8, 4) is 0 Å². The molecule has 0 aromatic carbocycles. The Bertz CT molecular complexity index is 891. The Balaban J connectivity index is 0.000000254. The van der Waals surface area contributed by atoms with Gasteiger partial charge in [0.05, 0.1) is 0 Å². The molecule has 0 bridgehead atoms. The van der Waals surface area contributed by atoms with Gasteiger partial charge in [0.15, 0.2) is 5.78 Å². The molecule has 3 heterocycles. The molecule has 2 aliphatic heterocycles. The summed E-state index contributed by atoms with van der Waals surface area (Å²) in [4.78, 5) is 45.7. The van der Waals surface area contributed by atoms with E-state index in [0.29, 0.717) is 41.8 Å². The van der Waals surface area contributed by atoms with Gasteiger partial charge in [-0.1, -0.05) is 20.3 Å². The molecule has 2 saturated heterocycles. The molecule has 7 nitrogen and oxygen atoms in total. The van der Waals surface area contributed by atoms with Gasteiger partial charge in [0.1, 0.15) is 0 Å². The van der Waals surface area contributed by atoms with Crippen LogP contribution in [0.3, 0.4) is 0 Å². The normalized spacial score (nSPS) is 22.9. The van der Waals surface area contributed by atoms with Crippen LogP contribution in [0.2, 0.25) is 0 Å². The van der Waals surface area contributed by atoms with Gasteiger partial charge in [-0.3, -0.25) is 24.5 Å². The fourth-order valence-electron chi connectivity index (χ4n) is 4.83. The van der Waals surface area contributed by atoms with Crippen molar-refractivity contribution < 1.29 is 14.4 Å². The third-order valence-electron chi connectivity index (χ3n) is 7.02. The number of hydrogen-bond acceptors (Lipinski definition) is 5. The number of imide groups is 1. The lowest BCUT2D eigenvalue weighted by Gasteiger charge is -2.47. The highest BCUT2D eigenvalue weighted by Gasteiger charge is 2.40. The summed E-state index contributed by atoms with van der Waals surface area (Å²) in [6.45, 7) is 7.70. The Kier molecular flexibility index (Phi) is 7.46. The van der Waals surface area contributed by atoms with Gasteiger partial charge in [0.25, 0.3) is 5.56 Å². The molecule has 3 aliphatic rings. The predicted molar refractivity (Wildman–Crippen MR) is 119 cm³/mol. The minimum atomic E-state index is -0.141. The number of aromatic nitrogens is 1. The molecule has 1 spiro atoms. The van der Waals surface area contributed by atoms with Gasteiger partial charge in [0, 0.05) is 48.8 Å². The van der Waals surface area contributed by atoms with E-state index in [2.05, 4.69) is 17.6 Å². The largest absolute Gasteiger partial charge is 0.316 e. The van der Waals surface area contributed by atoms with Gasteiger partial charge >= 0.3 is 0 Å². The molecule has 1 saturated carbocycles. The summed E-state index contributed by atoms with van der Waals surface area (Å²) in [6.07, 6.45) is 9.17. The number of carbonyl (C=O) groups is 3. The van der Waals surface area contributed by atoms with Crippen LogP contribution >= 0.6 is 0 Å². The van der Waals surface area contributed by atoms with Crippen molar-refractivity contribution in [3.05, 3.63) is 33.7 Å². The summed E-state index contributed by atoms with van der Waals surface area (Å²) in [5.41, 5.74) is 1.88. The zero-order valence-electron chi connectivity index (χ0n) is 19.0. The number of nitrogens with one attached hydrogen (secondary N) is 2. The van der Waals surface area contributed by atoms with Crippen LogP contribution in [0.1, 0.15) is 87.7 Å². The molecule has 7 heteroatoms. The monoisotopic (exact) mass is 429 g/mol. The molecule has 1 atom stereocenters. The molecule has 0 radical (unpaired) electrons. The fourth-order valence-corrected chi connectivity index (χ4v) is 4.83. The van der Waals surface area contributed by atoms with E-state index >= 15 is 0 Å². The lowest BCUT2D eigenvalue weighted by atomic mass is 9.68. The Labute approximate surface area is 184 Å². The summed E-state index contributed by atoms with van der Waals surface area (Å²) < 4.78 is 1.90. The molecule has 1 aromatic rings. The first-order chi connectivity index (χ1) is 14.8. The molecule has 170 valence electrons. The average Bonchev–Trinajstić information content (AvgIpc) is 2.72. The third-order valence-corrected chi connectivity index (χ3v) is 7.02. The van der Waals surface area contributed by atoms with Crippen LogP contribution in [-0.4, -0.2) is 35.3 Å². The van der Waals surface area contributed by atoms with Crippen LogP contribution in [0.4, 0.5) is 0 Å². The maximum absolute atomic E-state index is 12.8. The molecule has 1 aliphatic carbocycles. The van der Waals surface area contributed by atoms with Crippen molar-refractivity contribution in [1.82, 2.24) is 15.2 Å². The maximum atomic E-state index is 12.8. The summed E-state index contributed by atoms with van der Waals surface area (Å²) in [5.74, 6) is -0.261. The van der Waals surface area contributed by atoms with Crippen LogP contribution in [0.15, 0.2) is 17.1 Å². The van der Waals surface area contributed by atoms with E-state index in [4.69, 9.17) is 0 Å². The first-order valence-corrected chi connectivity index (χ1v) is 11.6. The van der Waals surface area contributed by atoms with Gasteiger partial charge in [-0.2, -0.15) is 0 Å². The minimum Gasteiger partial charge on any atom is -0.316 e. The molecule has 31 heavy (non-hydrogen) atoms. The zero-order chi connectivity index (χ0) is 22.6. The Morgan fingerprint density at radius 2 is 1.84 bits per heavy atom. The molecular weight excluding hydrogens is 394 g/mol. The summed E-state index contributed by atoms with van der Waals surface area (Å²) in [5, 5.41) is 5.63. The summed E-state index contributed by atoms with van der Waals surface area (Å²) in [6, 6.07) is 2.15. The van der Waals surface area contributed by atoms with Gasteiger partial charge in [0.2, 0.25) is 11.8 Å². The van der Waals surface area contributed by atoms with Crippen molar-refractivity contribution in [2.45, 2.75) is 78.2 Å². The van der Waals surface area contributed by atoms with Crippen LogP contribution < -0.4 is 16.2 Å². The Morgan fingerprint density at radius 3 is 2.32 bits per heavy atom.